The van der Waals surface area contributed by atoms with Crippen LogP contribution in [0.3, 0.4) is 0 Å². The summed E-state index contributed by atoms with van der Waals surface area (Å²) in [5, 5.41) is -0.912. The quantitative estimate of drug-likeness (QED) is 0.113. The maximum absolute atomic E-state index is 10.1. The van der Waals surface area contributed by atoms with Gasteiger partial charge in [-0.2, -0.15) is 0 Å². The van der Waals surface area contributed by atoms with Crippen LogP contribution in [0.15, 0.2) is 212 Å². The predicted molar refractivity (Wildman–Crippen MR) is 257 cm³/mol. The van der Waals surface area contributed by atoms with Gasteiger partial charge in [-0.1, -0.05) is 178 Å². The van der Waals surface area contributed by atoms with E-state index in [1.54, 1.807) is 20.8 Å². The lowest BCUT2D eigenvalue weighted by Crippen LogP contribution is -2.31. The van der Waals surface area contributed by atoms with Crippen LogP contribution in [-0.4, -0.2) is 14.1 Å². The zero-order valence-corrected chi connectivity index (χ0v) is 32.9. The second-order valence-corrected chi connectivity index (χ2v) is 14.6. The largest absolute Gasteiger partial charge is 0.457 e. The van der Waals surface area contributed by atoms with Gasteiger partial charge in [-0.3, -0.25) is 13.7 Å². The van der Waals surface area contributed by atoms with Gasteiger partial charge in [0.15, 0.2) is 0 Å². The SMILES string of the molecule is [2H]c1nc(-n2c3cc(Oc4cc(-n5[c-][n+](-c6c(-c7c([2H])c([2H])c([2H])c([2H])c7[2H])c([2H])c([2H])c([2H])c6-c6c([2H])c([2H])c([2H])c([2H])c6[2H])c6c([2H])c([2H])c([2H])c([2H])c65)c([2H])c([2H])c4[2H])c(-c4c([2H])c([2H])c([2H])c([2H])c4[2H])c([2H])c3c3c([2H])c([2H])c([2H])c([2H])c32)c([2H])c(C(C)(C)C)c1[2H]. The molecule has 0 radical (unpaired) electrons. The third kappa shape index (κ3) is 6.84. The van der Waals surface area contributed by atoms with E-state index in [-0.39, 0.29) is 5.56 Å². The lowest BCUT2D eigenvalue weighted by molar-refractivity contribution is -0.571. The first-order valence-electron chi connectivity index (χ1n) is 35.3. The van der Waals surface area contributed by atoms with Gasteiger partial charge < -0.3 is 4.74 Å². The Morgan fingerprint density at radius 3 is 1.84 bits per heavy atom. The maximum atomic E-state index is 10.1. The second-order valence-electron chi connectivity index (χ2n) is 14.6. The zero-order valence-electron chi connectivity index (χ0n) is 65.9. The Bertz CT molecular complexity index is 5240. The molecular weight excluding hydrogens is 769 g/mol. The van der Waals surface area contributed by atoms with E-state index in [1.807, 2.05) is 0 Å². The number of ether oxygens (including phenoxy) is 1. The summed E-state index contributed by atoms with van der Waals surface area (Å²) in [5.74, 6) is -2.21. The van der Waals surface area contributed by atoms with Crippen LogP contribution in [0, 0.1) is 6.33 Å². The third-order valence-electron chi connectivity index (χ3n) is 9.67. The van der Waals surface area contributed by atoms with Crippen LogP contribution >= 0.6 is 0 Å². The van der Waals surface area contributed by atoms with Crippen molar-refractivity contribution in [2.75, 3.05) is 0 Å². The minimum Gasteiger partial charge on any atom is -0.457 e. The Kier molecular flexibility index (Phi) is 4.10. The number of aromatic nitrogens is 4. The molecule has 8 aromatic carbocycles. The van der Waals surface area contributed by atoms with Crippen LogP contribution in [0.25, 0.3) is 83.4 Å². The molecule has 3 aromatic heterocycles. The minimum atomic E-state index is -1.12. The van der Waals surface area contributed by atoms with Crippen molar-refractivity contribution in [3.63, 3.8) is 0 Å². The van der Waals surface area contributed by atoms with Crippen molar-refractivity contribution in [2.45, 2.75) is 26.2 Å². The molecule has 0 aliphatic carbocycles. The molecule has 11 rings (SSSR count). The fraction of sp³-hybridized carbons (Fsp3) is 0.0690. The van der Waals surface area contributed by atoms with Crippen molar-refractivity contribution in [3.8, 4) is 62.1 Å². The van der Waals surface area contributed by atoms with Gasteiger partial charge in [0, 0.05) is 28.6 Å². The topological polar surface area (TPSA) is 35.9 Å². The van der Waals surface area contributed by atoms with Crippen LogP contribution in [-0.2, 0) is 5.41 Å². The molecule has 0 spiro atoms. The van der Waals surface area contributed by atoms with E-state index in [9.17, 15) is 17.8 Å². The summed E-state index contributed by atoms with van der Waals surface area (Å²) in [4.78, 5) is 4.27. The number of fused-ring (bicyclic) bond motifs is 4. The number of hydrogen-bond acceptors (Lipinski definition) is 2. The van der Waals surface area contributed by atoms with Gasteiger partial charge in [0.2, 0.25) is 0 Å². The van der Waals surface area contributed by atoms with E-state index in [4.69, 9.17) is 32.2 Å². The standard InChI is InChI=1S/C58H44N4O/c1-58(2,3)43-33-34-59-56(35-43)62-51-30-14-13-27-48(51)50-37-49(42-23-11-6-12-24-42)55(38-54(50)62)63-45-26-17-25-44(36-45)60-39-61(53-32-16-15-31-52(53)60)57-46(40-19-7-4-8-20-40)28-18-29-47(57)41-21-9-5-10-22-41/h4-38H,1-3H3/i4D,5D,6D,7D,8D,9D,10D,11D,12D,13D,14D,15D,16D,17D,18D,19D,20D,21D,22D,23D,24D,25D,26D,27D,28D,29D,30D,31D,32D,33D,34D,35D,37D. The normalized spacial score (nSPS) is 19.1. The molecule has 0 unspecified atom stereocenters. The first kappa shape index (κ1) is 16.7. The van der Waals surface area contributed by atoms with Gasteiger partial charge >= 0.3 is 0 Å². The molecule has 0 N–H and O–H groups in total. The number of imidazole rings is 1. The van der Waals surface area contributed by atoms with Gasteiger partial charge in [-0.05, 0) is 81.1 Å². The molecule has 0 aliphatic rings. The zero-order chi connectivity index (χ0) is 71.2. The number of benzene rings is 8. The van der Waals surface area contributed by atoms with Crippen LogP contribution in [0.4, 0.5) is 0 Å². The van der Waals surface area contributed by atoms with E-state index in [0.717, 1.165) is 16.7 Å². The highest BCUT2D eigenvalue weighted by molar-refractivity contribution is 6.11. The molecule has 5 nitrogen and oxygen atoms in total. The molecule has 5 heteroatoms. The van der Waals surface area contributed by atoms with E-state index in [0.29, 0.717) is 9.13 Å². The summed E-state index contributed by atoms with van der Waals surface area (Å²) in [5.41, 5.74) is -10.5. The molecule has 0 saturated carbocycles. The highest BCUT2D eigenvalue weighted by Crippen LogP contribution is 2.42. The van der Waals surface area contributed by atoms with Crippen LogP contribution in [0.5, 0.6) is 11.5 Å². The molecule has 302 valence electrons. The summed E-state index contributed by atoms with van der Waals surface area (Å²) >= 11 is 0. The van der Waals surface area contributed by atoms with E-state index in [1.165, 1.54) is 0 Å². The summed E-state index contributed by atoms with van der Waals surface area (Å²) in [6, 6.07) is -29.0. The van der Waals surface area contributed by atoms with Crippen molar-refractivity contribution in [1.29, 1.82) is 0 Å². The average Bonchev–Trinajstić information content (AvgIpc) is 1.47. The number of pyridine rings is 1. The Morgan fingerprint density at radius 1 is 0.556 bits per heavy atom. The van der Waals surface area contributed by atoms with E-state index >= 15 is 0 Å². The Morgan fingerprint density at radius 2 is 1.16 bits per heavy atom. The lowest BCUT2D eigenvalue weighted by Gasteiger charge is -2.20. The van der Waals surface area contributed by atoms with Crippen molar-refractivity contribution in [2.24, 2.45) is 0 Å². The lowest BCUT2D eigenvalue weighted by atomic mass is 9.88. The molecule has 3 heterocycles. The molecule has 11 aromatic rings. The highest BCUT2D eigenvalue weighted by Gasteiger charge is 2.22. The summed E-state index contributed by atoms with van der Waals surface area (Å²) in [6.45, 7) is 4.87. The first-order chi connectivity index (χ1) is 44.6. The highest BCUT2D eigenvalue weighted by atomic mass is 16.5. The molecule has 0 atom stereocenters. The monoisotopic (exact) mass is 846 g/mol. The van der Waals surface area contributed by atoms with Gasteiger partial charge in [0.1, 0.15) is 17.3 Å². The van der Waals surface area contributed by atoms with Crippen molar-refractivity contribution in [3.05, 3.63) is 224 Å². The fourth-order valence-corrected chi connectivity index (χ4v) is 6.85. The van der Waals surface area contributed by atoms with Crippen molar-refractivity contribution in [1.82, 2.24) is 14.1 Å². The van der Waals surface area contributed by atoms with Crippen LogP contribution in [0.1, 0.15) is 71.6 Å². The molecule has 0 amide bonds. The summed E-state index contributed by atoms with van der Waals surface area (Å²) in [6.07, 6.45) is 1.98. The van der Waals surface area contributed by atoms with E-state index < -0.39 is 300 Å². The van der Waals surface area contributed by atoms with Crippen molar-refractivity contribution >= 4 is 32.8 Å². The van der Waals surface area contributed by atoms with Gasteiger partial charge in [-0.25, -0.2) is 4.98 Å². The predicted octanol–water partition coefficient (Wildman–Crippen LogP) is 14.3. The molecular formula is C58H44N4O. The van der Waals surface area contributed by atoms with Gasteiger partial charge in [0.25, 0.3) is 6.33 Å². The minimum absolute atomic E-state index is 0.0683. The molecule has 0 fully saturated rings. The smallest absolute Gasteiger partial charge is 0.269 e. The summed E-state index contributed by atoms with van der Waals surface area (Å²) < 4.78 is 308. The Labute approximate surface area is 413 Å². The Balaban J connectivity index is 1.33. The molecule has 0 saturated heterocycles. The fourth-order valence-electron chi connectivity index (χ4n) is 6.85. The van der Waals surface area contributed by atoms with Crippen LogP contribution < -0.4 is 9.30 Å². The molecule has 0 aliphatic heterocycles. The van der Waals surface area contributed by atoms with Gasteiger partial charge in [-0.15, -0.1) is 0 Å². The summed E-state index contributed by atoms with van der Waals surface area (Å²) in [7, 11) is 0. The number of hydrogen-bond donors (Lipinski definition) is 0. The van der Waals surface area contributed by atoms with Gasteiger partial charge in [0.05, 0.1) is 78.7 Å². The number of para-hydroxylation sites is 4. The third-order valence-corrected chi connectivity index (χ3v) is 9.67. The Hall–Kier alpha value is -8.02. The van der Waals surface area contributed by atoms with E-state index in [2.05, 4.69) is 11.3 Å². The second kappa shape index (κ2) is 15.5. The van der Waals surface area contributed by atoms with Crippen LogP contribution in [0.2, 0.25) is 0 Å². The van der Waals surface area contributed by atoms with Crippen molar-refractivity contribution < 1.29 is 54.5 Å². The molecule has 0 bridgehead atoms. The molecule has 63 heavy (non-hydrogen) atoms. The maximum Gasteiger partial charge on any atom is 0.269 e. The number of rotatable bonds is 8. The number of nitrogens with zero attached hydrogens (tertiary/aromatic N) is 4. The first-order valence-corrected chi connectivity index (χ1v) is 18.8. The average molecular weight is 846 g/mol.